The van der Waals surface area contributed by atoms with Crippen molar-refractivity contribution in [3.63, 3.8) is 0 Å². The van der Waals surface area contributed by atoms with Crippen molar-refractivity contribution >= 4 is 40.5 Å². The second-order valence-corrected chi connectivity index (χ2v) is 10.4. The Morgan fingerprint density at radius 1 is 0.844 bits per heavy atom. The highest BCUT2D eigenvalue weighted by atomic mass is 32.1. The van der Waals surface area contributed by atoms with E-state index in [4.69, 9.17) is 12.2 Å². The summed E-state index contributed by atoms with van der Waals surface area (Å²) in [7, 11) is 0. The summed E-state index contributed by atoms with van der Waals surface area (Å²) < 4.78 is 0. The Kier molecular flexibility index (Phi) is 5.49. The number of aryl methyl sites for hydroxylation is 1. The van der Waals surface area contributed by atoms with Gasteiger partial charge in [-0.05, 0) is 111 Å². The molecule has 0 heterocycles. The molecule has 4 fully saturated rings. The van der Waals surface area contributed by atoms with E-state index in [0.717, 1.165) is 48.3 Å². The Bertz CT molecular complexity index is 1030. The molecule has 0 saturated heterocycles. The highest BCUT2D eigenvalue weighted by molar-refractivity contribution is 7.80. The largest absolute Gasteiger partial charge is 0.332 e. The Hall–Kier alpha value is -2.73. The predicted octanol–water partition coefficient (Wildman–Crippen LogP) is 5.28. The van der Waals surface area contributed by atoms with Gasteiger partial charge < -0.3 is 16.0 Å². The van der Waals surface area contributed by atoms with Crippen LogP contribution in [-0.2, 0) is 4.79 Å². The fourth-order valence-electron chi connectivity index (χ4n) is 6.45. The summed E-state index contributed by atoms with van der Waals surface area (Å²) in [6, 6.07) is 14.8. The summed E-state index contributed by atoms with van der Waals surface area (Å²) in [5, 5.41) is 9.34. The van der Waals surface area contributed by atoms with Gasteiger partial charge in [-0.25, -0.2) is 0 Å². The number of carbonyl (C=O) groups is 2. The van der Waals surface area contributed by atoms with Gasteiger partial charge in [0.15, 0.2) is 5.11 Å². The molecule has 0 atom stereocenters. The number of hydrogen-bond donors (Lipinski definition) is 3. The number of amides is 2. The number of benzene rings is 2. The molecule has 0 aliphatic heterocycles. The van der Waals surface area contributed by atoms with Crippen molar-refractivity contribution in [1.82, 2.24) is 5.32 Å². The van der Waals surface area contributed by atoms with E-state index in [2.05, 4.69) is 16.0 Å². The Balaban J connectivity index is 1.17. The standard InChI is InChI=1S/C26H29N3O2S/c1-16-4-2-3-5-22(16)23(30)27-20-6-8-21(9-7-20)28-25(32)29-24(31)26-13-17-10-18(14-26)12-19(11-17)15-26/h2-9,17-19H,10-15H2,1H3,(H,27,30)(H2,28,29,31,32). The summed E-state index contributed by atoms with van der Waals surface area (Å²) in [6.45, 7) is 1.92. The van der Waals surface area contributed by atoms with Gasteiger partial charge in [0.05, 0.1) is 5.41 Å². The molecule has 2 aromatic rings. The molecule has 4 aliphatic rings. The first-order valence-electron chi connectivity index (χ1n) is 11.5. The molecule has 6 heteroatoms. The van der Waals surface area contributed by atoms with Crippen molar-refractivity contribution in [2.45, 2.75) is 45.4 Å². The van der Waals surface area contributed by atoms with Crippen LogP contribution in [0.5, 0.6) is 0 Å². The van der Waals surface area contributed by atoms with Crippen molar-refractivity contribution in [2.24, 2.45) is 23.2 Å². The van der Waals surface area contributed by atoms with Gasteiger partial charge >= 0.3 is 0 Å². The van der Waals surface area contributed by atoms with E-state index in [0.29, 0.717) is 16.4 Å². The number of nitrogens with one attached hydrogen (secondary N) is 3. The number of rotatable bonds is 4. The van der Waals surface area contributed by atoms with Crippen molar-refractivity contribution in [1.29, 1.82) is 0 Å². The minimum absolute atomic E-state index is 0.0937. The number of carbonyl (C=O) groups excluding carboxylic acids is 2. The average molecular weight is 448 g/mol. The van der Waals surface area contributed by atoms with Gasteiger partial charge in [-0.15, -0.1) is 0 Å². The summed E-state index contributed by atoms with van der Waals surface area (Å²) in [5.41, 5.74) is 2.85. The zero-order valence-corrected chi connectivity index (χ0v) is 19.1. The fraction of sp³-hybridized carbons (Fsp3) is 0.423. The van der Waals surface area contributed by atoms with Crippen LogP contribution < -0.4 is 16.0 Å². The first-order chi connectivity index (χ1) is 15.4. The van der Waals surface area contributed by atoms with Crippen molar-refractivity contribution < 1.29 is 9.59 Å². The van der Waals surface area contributed by atoms with Crippen LogP contribution in [0.2, 0.25) is 0 Å². The van der Waals surface area contributed by atoms with Gasteiger partial charge in [0.2, 0.25) is 5.91 Å². The molecule has 2 amide bonds. The fourth-order valence-corrected chi connectivity index (χ4v) is 6.66. The summed E-state index contributed by atoms with van der Waals surface area (Å²) in [5.74, 6) is 2.11. The van der Waals surface area contributed by atoms with E-state index in [9.17, 15) is 9.59 Å². The quantitative estimate of drug-likeness (QED) is 0.558. The van der Waals surface area contributed by atoms with Gasteiger partial charge in [0.25, 0.3) is 5.91 Å². The number of anilines is 2. The van der Waals surface area contributed by atoms with Crippen LogP contribution in [0.1, 0.15) is 54.4 Å². The topological polar surface area (TPSA) is 70.2 Å². The van der Waals surface area contributed by atoms with Crippen LogP contribution in [0.4, 0.5) is 11.4 Å². The van der Waals surface area contributed by atoms with E-state index in [-0.39, 0.29) is 17.2 Å². The highest BCUT2D eigenvalue weighted by Crippen LogP contribution is 2.60. The van der Waals surface area contributed by atoms with Crippen LogP contribution in [0.3, 0.4) is 0 Å². The molecular weight excluding hydrogens is 418 g/mol. The summed E-state index contributed by atoms with van der Waals surface area (Å²) in [4.78, 5) is 25.6. The minimum atomic E-state index is -0.218. The third kappa shape index (κ3) is 4.16. The molecule has 32 heavy (non-hydrogen) atoms. The Morgan fingerprint density at radius 3 is 1.94 bits per heavy atom. The van der Waals surface area contributed by atoms with E-state index in [1.54, 1.807) is 0 Å². The molecule has 3 N–H and O–H groups in total. The van der Waals surface area contributed by atoms with E-state index >= 15 is 0 Å². The molecule has 0 unspecified atom stereocenters. The first kappa shape index (κ1) is 21.1. The van der Waals surface area contributed by atoms with Gasteiger partial charge in [0, 0.05) is 16.9 Å². The van der Waals surface area contributed by atoms with Gasteiger partial charge in [-0.1, -0.05) is 18.2 Å². The average Bonchev–Trinajstić information content (AvgIpc) is 2.74. The molecule has 2 aromatic carbocycles. The summed E-state index contributed by atoms with van der Waals surface area (Å²) >= 11 is 5.44. The van der Waals surface area contributed by atoms with Gasteiger partial charge in [0.1, 0.15) is 0 Å². The van der Waals surface area contributed by atoms with Crippen LogP contribution in [0.15, 0.2) is 48.5 Å². The van der Waals surface area contributed by atoms with Crippen LogP contribution in [0, 0.1) is 30.1 Å². The van der Waals surface area contributed by atoms with Gasteiger partial charge in [-0.3, -0.25) is 9.59 Å². The Morgan fingerprint density at radius 2 is 1.38 bits per heavy atom. The maximum absolute atomic E-state index is 13.1. The predicted molar refractivity (Wildman–Crippen MR) is 131 cm³/mol. The number of hydrogen-bond acceptors (Lipinski definition) is 3. The molecule has 4 aliphatic carbocycles. The van der Waals surface area contributed by atoms with Crippen LogP contribution in [0.25, 0.3) is 0 Å². The molecule has 0 aromatic heterocycles. The molecule has 166 valence electrons. The lowest BCUT2D eigenvalue weighted by atomic mass is 9.49. The van der Waals surface area contributed by atoms with E-state index in [1.165, 1.54) is 19.3 Å². The lowest BCUT2D eigenvalue weighted by Crippen LogP contribution is -2.55. The normalized spacial score (nSPS) is 27.6. The number of thiocarbonyl (C=S) groups is 1. The zero-order chi connectivity index (χ0) is 22.3. The third-order valence-electron chi connectivity index (χ3n) is 7.54. The SMILES string of the molecule is Cc1ccccc1C(=O)Nc1ccc(NC(=S)NC(=O)C23CC4CC(CC(C4)C2)C3)cc1. The van der Waals surface area contributed by atoms with Crippen LogP contribution in [-0.4, -0.2) is 16.9 Å². The smallest absolute Gasteiger partial charge is 0.255 e. The molecule has 4 saturated carbocycles. The molecule has 4 bridgehead atoms. The third-order valence-corrected chi connectivity index (χ3v) is 7.74. The summed E-state index contributed by atoms with van der Waals surface area (Å²) in [6.07, 6.45) is 6.97. The lowest BCUT2D eigenvalue weighted by molar-refractivity contribution is -0.144. The molecule has 5 nitrogen and oxygen atoms in total. The second-order valence-electron chi connectivity index (χ2n) is 9.95. The molecular formula is C26H29N3O2S. The van der Waals surface area contributed by atoms with E-state index < -0.39 is 0 Å². The molecule has 0 radical (unpaired) electrons. The van der Waals surface area contributed by atoms with E-state index in [1.807, 2.05) is 55.5 Å². The zero-order valence-electron chi connectivity index (χ0n) is 18.3. The second kappa shape index (κ2) is 8.32. The maximum atomic E-state index is 13.1. The monoisotopic (exact) mass is 447 g/mol. The maximum Gasteiger partial charge on any atom is 0.255 e. The lowest BCUT2D eigenvalue weighted by Gasteiger charge is -2.55. The minimum Gasteiger partial charge on any atom is -0.332 e. The molecule has 6 rings (SSSR count). The Labute approximate surface area is 194 Å². The highest BCUT2D eigenvalue weighted by Gasteiger charge is 2.54. The van der Waals surface area contributed by atoms with Crippen LogP contribution >= 0.6 is 12.2 Å². The van der Waals surface area contributed by atoms with Gasteiger partial charge in [-0.2, -0.15) is 0 Å². The van der Waals surface area contributed by atoms with Crippen molar-refractivity contribution in [3.8, 4) is 0 Å². The molecule has 0 spiro atoms. The van der Waals surface area contributed by atoms with Crippen molar-refractivity contribution in [3.05, 3.63) is 59.7 Å². The first-order valence-corrected chi connectivity index (χ1v) is 11.9. The van der Waals surface area contributed by atoms with Crippen molar-refractivity contribution in [2.75, 3.05) is 10.6 Å².